The minimum absolute atomic E-state index is 0.0343. The SMILES string of the molecule is CC1CCCCC1N(C)C(C)C(=O)c1ccccc1. The van der Waals surface area contributed by atoms with E-state index in [1.54, 1.807) is 0 Å². The number of likely N-dealkylation sites (N-methyl/N-ethyl adjacent to an activating group) is 1. The molecule has 1 aliphatic rings. The van der Waals surface area contributed by atoms with Crippen LogP contribution in [0.5, 0.6) is 0 Å². The molecule has 1 fully saturated rings. The smallest absolute Gasteiger partial charge is 0.179 e. The van der Waals surface area contributed by atoms with Gasteiger partial charge in [-0.25, -0.2) is 0 Å². The van der Waals surface area contributed by atoms with E-state index in [4.69, 9.17) is 0 Å². The summed E-state index contributed by atoms with van der Waals surface area (Å²) in [4.78, 5) is 14.8. The number of carbonyl (C=O) groups is 1. The van der Waals surface area contributed by atoms with Crippen LogP contribution in [0.25, 0.3) is 0 Å². The van der Waals surface area contributed by atoms with E-state index in [-0.39, 0.29) is 11.8 Å². The molecule has 0 spiro atoms. The summed E-state index contributed by atoms with van der Waals surface area (Å²) in [7, 11) is 2.11. The number of Topliss-reactive ketones (excluding diaryl/α,β-unsaturated/α-hetero) is 1. The third-order valence-corrected chi connectivity index (χ3v) is 4.64. The monoisotopic (exact) mass is 259 g/mol. The lowest BCUT2D eigenvalue weighted by atomic mass is 9.84. The first-order chi connectivity index (χ1) is 9.11. The highest BCUT2D eigenvalue weighted by Gasteiger charge is 2.30. The van der Waals surface area contributed by atoms with E-state index in [0.717, 1.165) is 5.56 Å². The molecule has 1 saturated carbocycles. The predicted octanol–water partition coefficient (Wildman–Crippen LogP) is 3.77. The number of benzene rings is 1. The number of hydrogen-bond donors (Lipinski definition) is 0. The lowest BCUT2D eigenvalue weighted by molar-refractivity contribution is 0.0692. The predicted molar refractivity (Wildman–Crippen MR) is 79.4 cm³/mol. The standard InChI is InChI=1S/C17H25NO/c1-13-9-7-8-12-16(13)18(3)14(2)17(19)15-10-5-4-6-11-15/h4-6,10-11,13-14,16H,7-9,12H2,1-3H3. The zero-order chi connectivity index (χ0) is 13.8. The van der Waals surface area contributed by atoms with Crippen molar-refractivity contribution in [2.45, 2.75) is 51.6 Å². The van der Waals surface area contributed by atoms with Gasteiger partial charge < -0.3 is 0 Å². The quantitative estimate of drug-likeness (QED) is 0.767. The lowest BCUT2D eigenvalue weighted by Crippen LogP contribution is -2.47. The number of hydrogen-bond acceptors (Lipinski definition) is 2. The van der Waals surface area contributed by atoms with Crippen molar-refractivity contribution in [2.75, 3.05) is 7.05 Å². The molecular weight excluding hydrogens is 234 g/mol. The van der Waals surface area contributed by atoms with Gasteiger partial charge in [0.25, 0.3) is 0 Å². The lowest BCUT2D eigenvalue weighted by Gasteiger charge is -2.39. The maximum absolute atomic E-state index is 12.5. The molecule has 2 nitrogen and oxygen atoms in total. The van der Waals surface area contributed by atoms with Crippen LogP contribution in [0, 0.1) is 5.92 Å². The molecule has 0 aliphatic heterocycles. The zero-order valence-corrected chi connectivity index (χ0v) is 12.3. The first kappa shape index (κ1) is 14.3. The Morgan fingerprint density at radius 3 is 2.47 bits per heavy atom. The molecule has 19 heavy (non-hydrogen) atoms. The van der Waals surface area contributed by atoms with Crippen LogP contribution in [0.1, 0.15) is 49.9 Å². The van der Waals surface area contributed by atoms with Gasteiger partial charge in [-0.05, 0) is 32.7 Å². The summed E-state index contributed by atoms with van der Waals surface area (Å²) in [6, 6.07) is 10.2. The molecule has 0 aromatic heterocycles. The second-order valence-corrected chi connectivity index (χ2v) is 5.90. The van der Waals surface area contributed by atoms with E-state index < -0.39 is 0 Å². The van der Waals surface area contributed by atoms with Gasteiger partial charge in [-0.2, -0.15) is 0 Å². The van der Waals surface area contributed by atoms with Crippen LogP contribution in [-0.4, -0.2) is 29.8 Å². The fraction of sp³-hybridized carbons (Fsp3) is 0.588. The molecule has 1 aliphatic carbocycles. The summed E-state index contributed by atoms with van der Waals surface area (Å²) >= 11 is 0. The van der Waals surface area contributed by atoms with E-state index in [1.807, 2.05) is 37.3 Å². The molecule has 0 amide bonds. The van der Waals surface area contributed by atoms with Gasteiger partial charge in [-0.1, -0.05) is 50.1 Å². The summed E-state index contributed by atoms with van der Waals surface area (Å²) in [5.41, 5.74) is 0.824. The summed E-state index contributed by atoms with van der Waals surface area (Å²) in [6.07, 6.45) is 5.16. The first-order valence-corrected chi connectivity index (χ1v) is 7.42. The summed E-state index contributed by atoms with van der Waals surface area (Å²) in [5.74, 6) is 0.936. The molecule has 1 aromatic rings. The van der Waals surface area contributed by atoms with Crippen LogP contribution >= 0.6 is 0 Å². The van der Waals surface area contributed by atoms with Crippen molar-refractivity contribution in [3.63, 3.8) is 0 Å². The Balaban J connectivity index is 2.06. The van der Waals surface area contributed by atoms with Crippen molar-refractivity contribution < 1.29 is 4.79 Å². The van der Waals surface area contributed by atoms with Crippen molar-refractivity contribution in [2.24, 2.45) is 5.92 Å². The normalized spacial score (nSPS) is 25.3. The molecule has 3 atom stereocenters. The molecule has 0 bridgehead atoms. The van der Waals surface area contributed by atoms with Gasteiger partial charge in [0.15, 0.2) is 5.78 Å². The molecule has 1 aromatic carbocycles. The summed E-state index contributed by atoms with van der Waals surface area (Å²) in [6.45, 7) is 4.36. The average molecular weight is 259 g/mol. The van der Waals surface area contributed by atoms with E-state index >= 15 is 0 Å². The second-order valence-electron chi connectivity index (χ2n) is 5.90. The molecule has 104 valence electrons. The van der Waals surface area contributed by atoms with Gasteiger partial charge in [0, 0.05) is 11.6 Å². The minimum atomic E-state index is -0.0343. The summed E-state index contributed by atoms with van der Waals surface area (Å²) in [5, 5.41) is 0. The molecule has 0 heterocycles. The van der Waals surface area contributed by atoms with Gasteiger partial charge in [0.2, 0.25) is 0 Å². The average Bonchev–Trinajstić information content (AvgIpc) is 2.46. The van der Waals surface area contributed by atoms with E-state index in [2.05, 4.69) is 18.9 Å². The van der Waals surface area contributed by atoms with E-state index in [9.17, 15) is 4.79 Å². The summed E-state index contributed by atoms with van der Waals surface area (Å²) < 4.78 is 0. The largest absolute Gasteiger partial charge is 0.293 e. The minimum Gasteiger partial charge on any atom is -0.293 e. The Kier molecular flexibility index (Phi) is 4.76. The molecular formula is C17H25NO. The molecule has 0 N–H and O–H groups in total. The molecule has 0 radical (unpaired) electrons. The van der Waals surface area contributed by atoms with Crippen molar-refractivity contribution in [3.05, 3.63) is 35.9 Å². The molecule has 3 unspecified atom stereocenters. The molecule has 0 saturated heterocycles. The fourth-order valence-corrected chi connectivity index (χ4v) is 3.22. The number of nitrogens with zero attached hydrogens (tertiary/aromatic N) is 1. The number of carbonyl (C=O) groups excluding carboxylic acids is 1. The Morgan fingerprint density at radius 1 is 1.21 bits per heavy atom. The van der Waals surface area contributed by atoms with Crippen LogP contribution in [0.3, 0.4) is 0 Å². The first-order valence-electron chi connectivity index (χ1n) is 7.42. The fourth-order valence-electron chi connectivity index (χ4n) is 3.22. The highest BCUT2D eigenvalue weighted by molar-refractivity contribution is 5.99. The zero-order valence-electron chi connectivity index (χ0n) is 12.3. The van der Waals surface area contributed by atoms with Crippen LogP contribution < -0.4 is 0 Å². The van der Waals surface area contributed by atoms with Gasteiger partial charge >= 0.3 is 0 Å². The number of ketones is 1. The highest BCUT2D eigenvalue weighted by atomic mass is 16.1. The maximum atomic E-state index is 12.5. The highest BCUT2D eigenvalue weighted by Crippen LogP contribution is 2.28. The van der Waals surface area contributed by atoms with Crippen molar-refractivity contribution in [3.8, 4) is 0 Å². The van der Waals surface area contributed by atoms with Gasteiger partial charge in [-0.15, -0.1) is 0 Å². The molecule has 2 rings (SSSR count). The third kappa shape index (κ3) is 3.24. The second kappa shape index (κ2) is 6.33. The van der Waals surface area contributed by atoms with Crippen LogP contribution in [0.2, 0.25) is 0 Å². The van der Waals surface area contributed by atoms with E-state index in [0.29, 0.717) is 12.0 Å². The van der Waals surface area contributed by atoms with Crippen LogP contribution in [-0.2, 0) is 0 Å². The van der Waals surface area contributed by atoms with Gasteiger partial charge in [0.1, 0.15) is 0 Å². The van der Waals surface area contributed by atoms with Crippen LogP contribution in [0.15, 0.2) is 30.3 Å². The van der Waals surface area contributed by atoms with Crippen molar-refractivity contribution in [1.82, 2.24) is 4.90 Å². The Morgan fingerprint density at radius 2 is 1.84 bits per heavy atom. The Labute approximate surface area is 116 Å². The maximum Gasteiger partial charge on any atom is 0.179 e. The van der Waals surface area contributed by atoms with Gasteiger partial charge in [-0.3, -0.25) is 9.69 Å². The topological polar surface area (TPSA) is 20.3 Å². The van der Waals surface area contributed by atoms with Crippen molar-refractivity contribution >= 4 is 5.78 Å². The molecule has 2 heteroatoms. The van der Waals surface area contributed by atoms with Gasteiger partial charge in [0.05, 0.1) is 6.04 Å². The number of rotatable bonds is 4. The Hall–Kier alpha value is -1.15. The van der Waals surface area contributed by atoms with Crippen molar-refractivity contribution in [1.29, 1.82) is 0 Å². The van der Waals surface area contributed by atoms with Crippen LogP contribution in [0.4, 0.5) is 0 Å². The Bertz CT molecular complexity index is 415. The van der Waals surface area contributed by atoms with E-state index in [1.165, 1.54) is 25.7 Å². The third-order valence-electron chi connectivity index (χ3n) is 4.64.